The highest BCUT2D eigenvalue weighted by atomic mass is 35.5. The summed E-state index contributed by atoms with van der Waals surface area (Å²) in [4.78, 5) is 50.8. The van der Waals surface area contributed by atoms with Crippen molar-refractivity contribution in [1.82, 2.24) is 25.2 Å². The van der Waals surface area contributed by atoms with Crippen LogP contribution in [0.25, 0.3) is 0 Å². The van der Waals surface area contributed by atoms with E-state index in [0.717, 1.165) is 66.9 Å². The van der Waals surface area contributed by atoms with Gasteiger partial charge < -0.3 is 19.9 Å². The Hall–Kier alpha value is -5.27. The van der Waals surface area contributed by atoms with E-state index in [2.05, 4.69) is 59.1 Å². The molecule has 6 rings (SSSR count). The molecule has 4 aromatic rings. The number of hydrogen-bond donors (Lipinski definition) is 3. The Bertz CT molecular complexity index is 2020. The minimum Gasteiger partial charge on any atom is -0.494 e. The fourth-order valence-electron chi connectivity index (χ4n) is 7.08. The van der Waals surface area contributed by atoms with Gasteiger partial charge in [0.2, 0.25) is 11.8 Å². The molecular weight excluding hydrogens is 748 g/mol. The molecule has 0 bridgehead atoms. The number of aromatic nitrogens is 3. The number of carbonyl (C=O) groups excluding carboxylic acids is 4. The maximum atomic E-state index is 13.1. The molecule has 2 aliphatic heterocycles. The van der Waals surface area contributed by atoms with Gasteiger partial charge in [-0.15, -0.1) is 16.7 Å². The first-order chi connectivity index (χ1) is 27.5. The van der Waals surface area contributed by atoms with Crippen LogP contribution < -0.4 is 20.1 Å². The monoisotopic (exact) mass is 798 g/mol. The van der Waals surface area contributed by atoms with E-state index in [4.69, 9.17) is 21.1 Å². The van der Waals surface area contributed by atoms with Gasteiger partial charge in [0.1, 0.15) is 30.3 Å². The van der Waals surface area contributed by atoms with E-state index in [1.54, 1.807) is 18.2 Å². The number of halogens is 1. The van der Waals surface area contributed by atoms with Crippen molar-refractivity contribution in [1.29, 1.82) is 0 Å². The van der Waals surface area contributed by atoms with Crippen molar-refractivity contribution >= 4 is 40.9 Å². The van der Waals surface area contributed by atoms with Gasteiger partial charge in [-0.3, -0.25) is 34.1 Å². The van der Waals surface area contributed by atoms with Gasteiger partial charge in [-0.05, 0) is 85.7 Å². The number of aliphatic hydroxyl groups is 1. The molecule has 4 amide bonds. The Morgan fingerprint density at radius 1 is 0.877 bits per heavy atom. The molecule has 3 heterocycles. The second kappa shape index (κ2) is 19.3. The zero-order valence-corrected chi connectivity index (χ0v) is 33.3. The highest BCUT2D eigenvalue weighted by molar-refractivity contribution is 6.23. The summed E-state index contributed by atoms with van der Waals surface area (Å²) in [5.74, 6) is -0.354. The van der Waals surface area contributed by atoms with Crippen LogP contribution in [0.15, 0.2) is 72.9 Å². The molecule has 2 aliphatic rings. The molecule has 1 saturated heterocycles. The van der Waals surface area contributed by atoms with Crippen LogP contribution in [0.2, 0.25) is 0 Å². The Morgan fingerprint density at radius 2 is 1.54 bits per heavy atom. The minimum atomic E-state index is -0.982. The van der Waals surface area contributed by atoms with Crippen molar-refractivity contribution in [2.45, 2.75) is 95.7 Å². The fourth-order valence-corrected chi connectivity index (χ4v) is 7.17. The van der Waals surface area contributed by atoms with E-state index in [1.807, 2.05) is 35.1 Å². The number of piperidine rings is 1. The molecular formula is C43H51ClN6O7. The maximum Gasteiger partial charge on any atom is 0.262 e. The number of hydrogen-bond acceptors (Lipinski definition) is 10. The molecule has 57 heavy (non-hydrogen) atoms. The minimum absolute atomic E-state index is 0.0832. The number of amides is 4. The van der Waals surface area contributed by atoms with Crippen LogP contribution in [-0.2, 0) is 28.0 Å². The van der Waals surface area contributed by atoms with E-state index in [0.29, 0.717) is 31.1 Å². The molecule has 1 fully saturated rings. The van der Waals surface area contributed by atoms with Crippen molar-refractivity contribution in [3.8, 4) is 11.5 Å². The van der Waals surface area contributed by atoms with Gasteiger partial charge in [0.25, 0.3) is 11.8 Å². The maximum absolute atomic E-state index is 13.1. The summed E-state index contributed by atoms with van der Waals surface area (Å²) in [5.41, 5.74) is 4.33. The number of alkyl halides is 1. The van der Waals surface area contributed by atoms with Crippen molar-refractivity contribution in [3.05, 3.63) is 101 Å². The largest absolute Gasteiger partial charge is 0.494 e. The van der Waals surface area contributed by atoms with E-state index in [-0.39, 0.29) is 41.9 Å². The molecule has 0 saturated carbocycles. The van der Waals surface area contributed by atoms with Crippen LogP contribution in [0, 0.1) is 0 Å². The number of nitrogens with one attached hydrogen (secondary N) is 2. The molecule has 302 valence electrons. The average molecular weight is 799 g/mol. The van der Waals surface area contributed by atoms with E-state index in [1.165, 1.54) is 5.56 Å². The Labute approximate surface area is 338 Å². The first-order valence-corrected chi connectivity index (χ1v) is 20.3. The molecule has 3 aromatic carbocycles. The smallest absolute Gasteiger partial charge is 0.262 e. The van der Waals surface area contributed by atoms with Gasteiger partial charge in [-0.25, -0.2) is 0 Å². The van der Waals surface area contributed by atoms with E-state index in [9.17, 15) is 24.3 Å². The number of nitrogens with zero attached hydrogens (tertiary/aromatic N) is 4. The lowest BCUT2D eigenvalue weighted by molar-refractivity contribution is -0.136. The highest BCUT2D eigenvalue weighted by Crippen LogP contribution is 2.34. The lowest BCUT2D eigenvalue weighted by Gasteiger charge is -2.27. The number of rotatable bonds is 21. The molecule has 0 spiro atoms. The van der Waals surface area contributed by atoms with Crippen LogP contribution in [0.4, 0.5) is 5.69 Å². The number of anilines is 1. The summed E-state index contributed by atoms with van der Waals surface area (Å²) in [6.45, 7) is 6.53. The number of aryl methyl sites for hydroxylation is 2. The standard InChI is InChI=1S/C43H51ClN6O7/c1-43(2,30-12-17-35(18-13-30)57-28-33(51)26-44)29-10-15-34(16-11-29)56-24-7-5-3-4-6-9-32-27-49(48-47-32)23-8-22-45-31-14-19-36-37(25-31)42(55)50(41(36)54)38-20-21-39(52)46-40(38)53/h10-19,25,27,33,38,45,51H,3-9,20-24,26,28H2,1-2H3,(H,46,52,53)/t33-,38?/m1/s1. The fraction of sp³-hybridized carbons (Fsp3) is 0.442. The number of unbranched alkanes of at least 4 members (excludes halogenated alkanes) is 4. The molecule has 1 unspecified atom stereocenters. The number of fused-ring (bicyclic) bond motifs is 1. The first-order valence-electron chi connectivity index (χ1n) is 19.7. The molecule has 0 radical (unpaired) electrons. The van der Waals surface area contributed by atoms with Gasteiger partial charge in [0.15, 0.2) is 0 Å². The Kier molecular flexibility index (Phi) is 14.0. The SMILES string of the molecule is CC(C)(c1ccc(OCCCCCCCc2cn(CCCNc3ccc4c(c3)C(=O)N(C3CCC(=O)NC3=O)C4=O)nn2)cc1)c1ccc(OC[C@H](O)CCl)cc1. The average Bonchev–Trinajstić information content (AvgIpc) is 3.77. The number of imide groups is 2. The lowest BCUT2D eigenvalue weighted by atomic mass is 9.78. The highest BCUT2D eigenvalue weighted by Gasteiger charge is 2.44. The van der Waals surface area contributed by atoms with Crippen LogP contribution in [-0.4, -0.2) is 86.4 Å². The summed E-state index contributed by atoms with van der Waals surface area (Å²) in [6, 6.07) is 20.3. The lowest BCUT2D eigenvalue weighted by Crippen LogP contribution is -2.54. The van der Waals surface area contributed by atoms with Gasteiger partial charge in [0, 0.05) is 36.8 Å². The van der Waals surface area contributed by atoms with Gasteiger partial charge in [-0.2, -0.15) is 0 Å². The van der Waals surface area contributed by atoms with Gasteiger partial charge in [0.05, 0.1) is 29.3 Å². The third kappa shape index (κ3) is 10.6. The zero-order chi connectivity index (χ0) is 40.4. The number of benzene rings is 3. The summed E-state index contributed by atoms with van der Waals surface area (Å²) in [7, 11) is 0. The van der Waals surface area contributed by atoms with Crippen molar-refractivity contribution in [2.24, 2.45) is 0 Å². The molecule has 13 nitrogen and oxygen atoms in total. The van der Waals surface area contributed by atoms with Gasteiger partial charge in [-0.1, -0.05) is 62.6 Å². The summed E-state index contributed by atoms with van der Waals surface area (Å²) in [5, 5.41) is 23.8. The Balaban J connectivity index is 0.824. The number of aliphatic hydroxyl groups excluding tert-OH is 1. The predicted molar refractivity (Wildman–Crippen MR) is 216 cm³/mol. The van der Waals surface area contributed by atoms with E-state index >= 15 is 0 Å². The number of ether oxygens (including phenoxy) is 2. The summed E-state index contributed by atoms with van der Waals surface area (Å²) < 4.78 is 13.5. The van der Waals surface area contributed by atoms with Gasteiger partial charge >= 0.3 is 0 Å². The predicted octanol–water partition coefficient (Wildman–Crippen LogP) is 6.06. The summed E-state index contributed by atoms with van der Waals surface area (Å²) >= 11 is 5.65. The molecule has 3 N–H and O–H groups in total. The van der Waals surface area contributed by atoms with Crippen molar-refractivity contribution in [3.63, 3.8) is 0 Å². The van der Waals surface area contributed by atoms with Crippen LogP contribution in [0.5, 0.6) is 11.5 Å². The van der Waals surface area contributed by atoms with Crippen LogP contribution in [0.1, 0.15) is 103 Å². The Morgan fingerprint density at radius 3 is 2.25 bits per heavy atom. The van der Waals surface area contributed by atoms with Crippen molar-refractivity contribution in [2.75, 3.05) is 31.0 Å². The summed E-state index contributed by atoms with van der Waals surface area (Å²) in [6.07, 6.45) is 8.55. The number of carbonyl (C=O) groups is 4. The van der Waals surface area contributed by atoms with E-state index < -0.39 is 35.8 Å². The third-order valence-corrected chi connectivity index (χ3v) is 10.9. The van der Waals surface area contributed by atoms with Crippen LogP contribution >= 0.6 is 11.6 Å². The molecule has 1 aromatic heterocycles. The van der Waals surface area contributed by atoms with Crippen LogP contribution in [0.3, 0.4) is 0 Å². The second-order valence-corrected chi connectivity index (χ2v) is 15.4. The molecule has 2 atom stereocenters. The zero-order valence-electron chi connectivity index (χ0n) is 32.5. The first kappa shape index (κ1) is 41.4. The third-order valence-electron chi connectivity index (χ3n) is 10.5. The normalized spacial score (nSPS) is 16.1. The molecule has 14 heteroatoms. The van der Waals surface area contributed by atoms with Crippen molar-refractivity contribution < 1.29 is 33.8 Å². The quantitative estimate of drug-likeness (QED) is 0.0513. The second-order valence-electron chi connectivity index (χ2n) is 15.1. The molecule has 0 aliphatic carbocycles. The topological polar surface area (TPSA) is 165 Å².